The largest absolute Gasteiger partial charge is 0.494 e. The van der Waals surface area contributed by atoms with Crippen molar-refractivity contribution in [2.45, 2.75) is 110 Å². The van der Waals surface area contributed by atoms with Gasteiger partial charge in [0.25, 0.3) is 0 Å². The molecule has 1 aromatic heterocycles. The van der Waals surface area contributed by atoms with Gasteiger partial charge in [0, 0.05) is 18.0 Å². The van der Waals surface area contributed by atoms with Gasteiger partial charge >= 0.3 is 0 Å². The van der Waals surface area contributed by atoms with E-state index in [4.69, 9.17) is 4.74 Å². The van der Waals surface area contributed by atoms with Crippen LogP contribution in [0.5, 0.6) is 5.75 Å². The summed E-state index contributed by atoms with van der Waals surface area (Å²) in [5.74, 6) is 1.72. The molecule has 0 N–H and O–H groups in total. The van der Waals surface area contributed by atoms with Crippen LogP contribution in [0.4, 0.5) is 0 Å². The fourth-order valence-corrected chi connectivity index (χ4v) is 3.91. The fraction of sp³-hybridized carbons (Fsp3) is 0.600. The van der Waals surface area contributed by atoms with Gasteiger partial charge in [-0.2, -0.15) is 0 Å². The SMILES string of the molecule is CCCC/C=C\CCCCCCOc1ccc(-c2ncc(CCCCCCCC)cn2)cc1. The predicted molar refractivity (Wildman–Crippen MR) is 142 cm³/mol. The minimum absolute atomic E-state index is 0.787. The summed E-state index contributed by atoms with van der Waals surface area (Å²) in [6.07, 6.45) is 27.6. The summed E-state index contributed by atoms with van der Waals surface area (Å²) in [5.41, 5.74) is 2.28. The normalized spacial score (nSPS) is 11.3. The Kier molecular flexibility index (Phi) is 15.0. The van der Waals surface area contributed by atoms with Gasteiger partial charge < -0.3 is 4.74 Å². The molecule has 0 unspecified atom stereocenters. The molecule has 1 aromatic carbocycles. The molecule has 0 saturated heterocycles. The van der Waals surface area contributed by atoms with Crippen molar-refractivity contribution in [1.29, 1.82) is 0 Å². The number of unbranched alkanes of at least 4 members (excludes halogenated alkanes) is 11. The van der Waals surface area contributed by atoms with Crippen molar-refractivity contribution in [2.75, 3.05) is 6.61 Å². The molecule has 0 fully saturated rings. The van der Waals surface area contributed by atoms with Crippen molar-refractivity contribution in [3.05, 3.63) is 54.4 Å². The maximum absolute atomic E-state index is 5.91. The minimum Gasteiger partial charge on any atom is -0.494 e. The Hall–Kier alpha value is -2.16. The molecular weight excluding hydrogens is 404 g/mol. The van der Waals surface area contributed by atoms with E-state index in [-0.39, 0.29) is 0 Å². The van der Waals surface area contributed by atoms with Crippen LogP contribution in [-0.4, -0.2) is 16.6 Å². The van der Waals surface area contributed by atoms with E-state index in [1.807, 2.05) is 24.5 Å². The Bertz CT molecular complexity index is 737. The highest BCUT2D eigenvalue weighted by Crippen LogP contribution is 2.20. The Balaban J connectivity index is 1.59. The number of allylic oxidation sites excluding steroid dienone is 2. The predicted octanol–water partition coefficient (Wildman–Crippen LogP) is 9.12. The number of aromatic nitrogens is 2. The first-order valence-electron chi connectivity index (χ1n) is 13.5. The highest BCUT2D eigenvalue weighted by molar-refractivity contribution is 5.55. The highest BCUT2D eigenvalue weighted by Gasteiger charge is 2.03. The molecule has 33 heavy (non-hydrogen) atoms. The molecule has 3 heteroatoms. The van der Waals surface area contributed by atoms with E-state index in [0.29, 0.717) is 0 Å². The summed E-state index contributed by atoms with van der Waals surface area (Å²) in [6.45, 7) is 5.29. The Labute approximate surface area is 203 Å². The average molecular weight is 451 g/mol. The van der Waals surface area contributed by atoms with Gasteiger partial charge in [-0.1, -0.05) is 83.8 Å². The monoisotopic (exact) mass is 450 g/mol. The first-order chi connectivity index (χ1) is 16.3. The minimum atomic E-state index is 0.787. The summed E-state index contributed by atoms with van der Waals surface area (Å²) in [5, 5.41) is 0. The van der Waals surface area contributed by atoms with E-state index < -0.39 is 0 Å². The molecule has 0 amide bonds. The van der Waals surface area contributed by atoms with Crippen LogP contribution in [0.25, 0.3) is 11.4 Å². The highest BCUT2D eigenvalue weighted by atomic mass is 16.5. The second-order valence-corrected chi connectivity index (χ2v) is 9.12. The molecule has 0 aliphatic rings. The van der Waals surface area contributed by atoms with Gasteiger partial charge in [-0.15, -0.1) is 0 Å². The second kappa shape index (κ2) is 18.3. The topological polar surface area (TPSA) is 35.0 Å². The van der Waals surface area contributed by atoms with Crippen molar-refractivity contribution in [1.82, 2.24) is 9.97 Å². The zero-order valence-corrected chi connectivity index (χ0v) is 21.2. The summed E-state index contributed by atoms with van der Waals surface area (Å²) < 4.78 is 5.91. The number of aryl methyl sites for hydroxylation is 1. The molecule has 0 saturated carbocycles. The van der Waals surface area contributed by atoms with E-state index in [2.05, 4.69) is 48.1 Å². The molecule has 1 heterocycles. The fourth-order valence-electron chi connectivity index (χ4n) is 3.91. The lowest BCUT2D eigenvalue weighted by Crippen LogP contribution is -1.97. The summed E-state index contributed by atoms with van der Waals surface area (Å²) in [7, 11) is 0. The third kappa shape index (κ3) is 12.6. The van der Waals surface area contributed by atoms with Crippen LogP contribution < -0.4 is 4.74 Å². The molecule has 2 rings (SSSR count). The molecule has 0 bridgehead atoms. The Morgan fingerprint density at radius 2 is 1.27 bits per heavy atom. The zero-order chi connectivity index (χ0) is 23.4. The molecule has 3 nitrogen and oxygen atoms in total. The average Bonchev–Trinajstić information content (AvgIpc) is 2.85. The first kappa shape index (κ1) is 27.1. The van der Waals surface area contributed by atoms with Gasteiger partial charge in [-0.05, 0) is 68.4 Å². The van der Waals surface area contributed by atoms with Gasteiger partial charge in [0.2, 0.25) is 0 Å². The molecule has 0 atom stereocenters. The quantitative estimate of drug-likeness (QED) is 0.158. The van der Waals surface area contributed by atoms with Crippen molar-refractivity contribution < 1.29 is 4.74 Å². The van der Waals surface area contributed by atoms with Crippen molar-refractivity contribution in [3.8, 4) is 17.1 Å². The smallest absolute Gasteiger partial charge is 0.159 e. The van der Waals surface area contributed by atoms with Crippen molar-refractivity contribution >= 4 is 0 Å². The van der Waals surface area contributed by atoms with Crippen LogP contribution in [-0.2, 0) is 6.42 Å². The third-order valence-electron chi connectivity index (χ3n) is 6.06. The number of benzene rings is 1. The van der Waals surface area contributed by atoms with Crippen LogP contribution in [0.3, 0.4) is 0 Å². The number of ether oxygens (including phenoxy) is 1. The van der Waals surface area contributed by atoms with Crippen LogP contribution >= 0.6 is 0 Å². The summed E-state index contributed by atoms with van der Waals surface area (Å²) in [6, 6.07) is 8.18. The maximum atomic E-state index is 5.91. The van der Waals surface area contributed by atoms with Crippen LogP contribution in [0.1, 0.15) is 109 Å². The Morgan fingerprint density at radius 1 is 0.667 bits per heavy atom. The Morgan fingerprint density at radius 3 is 2.00 bits per heavy atom. The van der Waals surface area contributed by atoms with Gasteiger partial charge in [0.05, 0.1) is 6.61 Å². The molecule has 0 aliphatic carbocycles. The molecule has 0 radical (unpaired) electrons. The van der Waals surface area contributed by atoms with Gasteiger partial charge in [-0.3, -0.25) is 0 Å². The summed E-state index contributed by atoms with van der Waals surface area (Å²) >= 11 is 0. The number of hydrogen-bond donors (Lipinski definition) is 0. The first-order valence-corrected chi connectivity index (χ1v) is 13.5. The lowest BCUT2D eigenvalue weighted by atomic mass is 10.1. The molecule has 0 spiro atoms. The van der Waals surface area contributed by atoms with E-state index >= 15 is 0 Å². The van der Waals surface area contributed by atoms with Gasteiger partial charge in [0.15, 0.2) is 5.82 Å². The van der Waals surface area contributed by atoms with E-state index in [0.717, 1.165) is 36.6 Å². The number of nitrogens with zero attached hydrogens (tertiary/aromatic N) is 2. The lowest BCUT2D eigenvalue weighted by Gasteiger charge is -2.07. The van der Waals surface area contributed by atoms with Crippen LogP contribution in [0.15, 0.2) is 48.8 Å². The number of hydrogen-bond acceptors (Lipinski definition) is 3. The van der Waals surface area contributed by atoms with Crippen LogP contribution in [0.2, 0.25) is 0 Å². The zero-order valence-electron chi connectivity index (χ0n) is 21.2. The summed E-state index contributed by atoms with van der Waals surface area (Å²) in [4.78, 5) is 9.16. The van der Waals surface area contributed by atoms with E-state index in [1.165, 1.54) is 89.0 Å². The molecule has 0 aliphatic heterocycles. The lowest BCUT2D eigenvalue weighted by molar-refractivity contribution is 0.305. The van der Waals surface area contributed by atoms with Gasteiger partial charge in [0.1, 0.15) is 5.75 Å². The molecule has 2 aromatic rings. The van der Waals surface area contributed by atoms with Crippen molar-refractivity contribution in [2.24, 2.45) is 0 Å². The number of rotatable bonds is 19. The van der Waals surface area contributed by atoms with E-state index in [9.17, 15) is 0 Å². The van der Waals surface area contributed by atoms with E-state index in [1.54, 1.807) is 0 Å². The van der Waals surface area contributed by atoms with Crippen molar-refractivity contribution in [3.63, 3.8) is 0 Å². The molecule has 182 valence electrons. The molecular formula is C30H46N2O. The van der Waals surface area contributed by atoms with Crippen LogP contribution in [0, 0.1) is 0 Å². The second-order valence-electron chi connectivity index (χ2n) is 9.12. The third-order valence-corrected chi connectivity index (χ3v) is 6.06. The maximum Gasteiger partial charge on any atom is 0.159 e. The standard InChI is InChI=1S/C30H46N2O/c1-3-5-7-9-11-12-13-14-16-18-24-33-29-22-20-28(21-23-29)30-31-25-27(26-32-30)19-17-15-10-8-6-4-2/h9,11,20-23,25-26H,3-8,10,12-19,24H2,1-2H3/b11-9-. The van der Waals surface area contributed by atoms with Gasteiger partial charge in [-0.25, -0.2) is 9.97 Å².